The molecular formula is C14H12N2O4. The van der Waals surface area contributed by atoms with E-state index in [-0.39, 0.29) is 5.56 Å². The summed E-state index contributed by atoms with van der Waals surface area (Å²) in [6.07, 6.45) is 0. The van der Waals surface area contributed by atoms with E-state index in [1.54, 1.807) is 0 Å². The second-order valence-electron chi connectivity index (χ2n) is 4.13. The lowest BCUT2D eigenvalue weighted by Gasteiger charge is -2.07. The van der Waals surface area contributed by atoms with Crippen LogP contribution in [0.25, 0.3) is 0 Å². The lowest BCUT2D eigenvalue weighted by molar-refractivity contribution is -0.385. The molecule has 2 aromatic rings. The smallest absolute Gasteiger partial charge is 0.342 e. The topological polar surface area (TPSA) is 92.5 Å². The van der Waals surface area contributed by atoms with Gasteiger partial charge in [-0.1, -0.05) is 30.3 Å². The number of nitrogens with zero attached hydrogens (tertiary/aromatic N) is 1. The summed E-state index contributed by atoms with van der Waals surface area (Å²) in [5.74, 6) is -1.31. The summed E-state index contributed by atoms with van der Waals surface area (Å²) in [6, 6.07) is 13.5. The van der Waals surface area contributed by atoms with Gasteiger partial charge in [0.05, 0.1) is 4.92 Å². The molecule has 0 heterocycles. The SMILES string of the molecule is O=C(O)c1ccc(NCc2ccccc2)cc1[N+](=O)[O-]. The maximum absolute atomic E-state index is 10.9. The minimum absolute atomic E-state index is 0.319. The predicted molar refractivity (Wildman–Crippen MR) is 73.8 cm³/mol. The van der Waals surface area contributed by atoms with Crippen molar-refractivity contribution in [3.63, 3.8) is 0 Å². The van der Waals surface area contributed by atoms with Crippen LogP contribution in [-0.4, -0.2) is 16.0 Å². The normalized spacial score (nSPS) is 10.0. The molecule has 6 heteroatoms. The Labute approximate surface area is 114 Å². The van der Waals surface area contributed by atoms with E-state index in [1.165, 1.54) is 18.2 Å². The monoisotopic (exact) mass is 272 g/mol. The Morgan fingerprint density at radius 3 is 2.50 bits per heavy atom. The fourth-order valence-electron chi connectivity index (χ4n) is 1.77. The minimum atomic E-state index is -1.31. The minimum Gasteiger partial charge on any atom is -0.477 e. The highest BCUT2D eigenvalue weighted by Gasteiger charge is 2.19. The van der Waals surface area contributed by atoms with Crippen LogP contribution in [0, 0.1) is 10.1 Å². The number of carboxylic acids is 1. The van der Waals surface area contributed by atoms with Gasteiger partial charge >= 0.3 is 5.97 Å². The summed E-state index contributed by atoms with van der Waals surface area (Å²) in [5.41, 5.74) is 0.791. The summed E-state index contributed by atoms with van der Waals surface area (Å²) in [7, 11) is 0. The summed E-state index contributed by atoms with van der Waals surface area (Å²) >= 11 is 0. The number of benzene rings is 2. The van der Waals surface area contributed by atoms with E-state index >= 15 is 0 Å². The molecular weight excluding hydrogens is 260 g/mol. The maximum atomic E-state index is 10.9. The van der Waals surface area contributed by atoms with Gasteiger partial charge in [0.2, 0.25) is 0 Å². The van der Waals surface area contributed by atoms with Crippen LogP contribution in [-0.2, 0) is 6.54 Å². The van der Waals surface area contributed by atoms with Crippen molar-refractivity contribution in [1.82, 2.24) is 0 Å². The van der Waals surface area contributed by atoms with Gasteiger partial charge in [-0.3, -0.25) is 10.1 Å². The van der Waals surface area contributed by atoms with Gasteiger partial charge in [-0.15, -0.1) is 0 Å². The number of rotatable bonds is 5. The molecule has 0 spiro atoms. The lowest BCUT2D eigenvalue weighted by Crippen LogP contribution is -2.05. The number of hydrogen-bond acceptors (Lipinski definition) is 4. The Balaban J connectivity index is 2.19. The van der Waals surface area contributed by atoms with E-state index < -0.39 is 16.6 Å². The number of nitro groups is 1. The molecule has 0 unspecified atom stereocenters. The Bertz CT molecular complexity index is 641. The van der Waals surface area contributed by atoms with Gasteiger partial charge in [0.1, 0.15) is 5.56 Å². The summed E-state index contributed by atoms with van der Waals surface area (Å²) in [4.78, 5) is 21.1. The van der Waals surface area contributed by atoms with Gasteiger partial charge in [-0.05, 0) is 17.7 Å². The zero-order valence-electron chi connectivity index (χ0n) is 10.4. The highest BCUT2D eigenvalue weighted by molar-refractivity contribution is 5.93. The van der Waals surface area contributed by atoms with Crippen LogP contribution < -0.4 is 5.32 Å². The predicted octanol–water partition coefficient (Wildman–Crippen LogP) is 2.91. The fourth-order valence-corrected chi connectivity index (χ4v) is 1.77. The Morgan fingerprint density at radius 1 is 1.20 bits per heavy atom. The fraction of sp³-hybridized carbons (Fsp3) is 0.0714. The number of aromatic carboxylic acids is 1. The lowest BCUT2D eigenvalue weighted by atomic mass is 10.1. The Kier molecular flexibility index (Phi) is 3.95. The van der Waals surface area contributed by atoms with Gasteiger partial charge in [-0.2, -0.15) is 0 Å². The van der Waals surface area contributed by atoms with Gasteiger partial charge in [0, 0.05) is 18.3 Å². The van der Waals surface area contributed by atoms with Gasteiger partial charge in [-0.25, -0.2) is 4.79 Å². The van der Waals surface area contributed by atoms with Crippen molar-refractivity contribution in [3.05, 3.63) is 69.8 Å². The number of carbonyl (C=O) groups is 1. The van der Waals surface area contributed by atoms with Crippen LogP contribution in [0.5, 0.6) is 0 Å². The molecule has 0 aromatic heterocycles. The van der Waals surface area contributed by atoms with Crippen LogP contribution in [0.2, 0.25) is 0 Å². The van der Waals surface area contributed by atoms with Crippen molar-refractivity contribution in [3.8, 4) is 0 Å². The van der Waals surface area contributed by atoms with Crippen molar-refractivity contribution < 1.29 is 14.8 Å². The van der Waals surface area contributed by atoms with E-state index in [4.69, 9.17) is 5.11 Å². The average molecular weight is 272 g/mol. The van der Waals surface area contributed by atoms with E-state index in [1.807, 2.05) is 30.3 Å². The molecule has 2 aromatic carbocycles. The van der Waals surface area contributed by atoms with Gasteiger partial charge in [0.15, 0.2) is 0 Å². The Morgan fingerprint density at radius 2 is 1.90 bits per heavy atom. The third-order valence-corrected chi connectivity index (χ3v) is 2.76. The van der Waals surface area contributed by atoms with Crippen molar-refractivity contribution in [2.75, 3.05) is 5.32 Å². The van der Waals surface area contributed by atoms with Crippen LogP contribution >= 0.6 is 0 Å². The van der Waals surface area contributed by atoms with E-state index in [2.05, 4.69) is 5.32 Å². The maximum Gasteiger partial charge on any atom is 0.342 e. The first-order chi connectivity index (χ1) is 9.58. The molecule has 0 aliphatic carbocycles. The van der Waals surface area contributed by atoms with Crippen molar-refractivity contribution >= 4 is 17.3 Å². The van der Waals surface area contributed by atoms with E-state index in [9.17, 15) is 14.9 Å². The van der Waals surface area contributed by atoms with Gasteiger partial charge in [0.25, 0.3) is 5.69 Å². The number of nitrogens with one attached hydrogen (secondary N) is 1. The second-order valence-corrected chi connectivity index (χ2v) is 4.13. The van der Waals surface area contributed by atoms with Crippen molar-refractivity contribution in [1.29, 1.82) is 0 Å². The molecule has 20 heavy (non-hydrogen) atoms. The first-order valence-electron chi connectivity index (χ1n) is 5.87. The largest absolute Gasteiger partial charge is 0.477 e. The molecule has 102 valence electrons. The molecule has 0 radical (unpaired) electrons. The first kappa shape index (κ1) is 13.5. The van der Waals surface area contributed by atoms with E-state index in [0.717, 1.165) is 5.56 Å². The third-order valence-electron chi connectivity index (χ3n) is 2.76. The van der Waals surface area contributed by atoms with Crippen molar-refractivity contribution in [2.45, 2.75) is 6.54 Å². The summed E-state index contributed by atoms with van der Waals surface area (Å²) in [5, 5.41) is 22.8. The molecule has 6 nitrogen and oxygen atoms in total. The Hall–Kier alpha value is -2.89. The zero-order chi connectivity index (χ0) is 14.5. The van der Waals surface area contributed by atoms with Crippen LogP contribution in [0.3, 0.4) is 0 Å². The molecule has 0 amide bonds. The standard InChI is InChI=1S/C14H12N2O4/c17-14(18)12-7-6-11(8-13(12)16(19)20)15-9-10-4-2-1-3-5-10/h1-8,15H,9H2,(H,17,18). The molecule has 2 N–H and O–H groups in total. The molecule has 2 rings (SSSR count). The molecule has 0 saturated heterocycles. The second kappa shape index (κ2) is 5.83. The van der Waals surface area contributed by atoms with Crippen molar-refractivity contribution in [2.24, 2.45) is 0 Å². The average Bonchev–Trinajstić information content (AvgIpc) is 2.45. The summed E-state index contributed by atoms with van der Waals surface area (Å²) in [6.45, 7) is 0.504. The highest BCUT2D eigenvalue weighted by Crippen LogP contribution is 2.23. The number of carboxylic acid groups (broad SMARTS) is 1. The van der Waals surface area contributed by atoms with Gasteiger partial charge < -0.3 is 10.4 Å². The molecule has 0 bridgehead atoms. The molecule has 0 saturated carbocycles. The quantitative estimate of drug-likeness (QED) is 0.644. The van der Waals surface area contributed by atoms with Crippen LogP contribution in [0.1, 0.15) is 15.9 Å². The number of anilines is 1. The van der Waals surface area contributed by atoms with Crippen LogP contribution in [0.4, 0.5) is 11.4 Å². The molecule has 0 aliphatic rings. The number of nitro benzene ring substituents is 1. The highest BCUT2D eigenvalue weighted by atomic mass is 16.6. The third kappa shape index (κ3) is 3.11. The molecule has 0 atom stereocenters. The first-order valence-corrected chi connectivity index (χ1v) is 5.87. The van der Waals surface area contributed by atoms with Crippen LogP contribution in [0.15, 0.2) is 48.5 Å². The van der Waals surface area contributed by atoms with E-state index in [0.29, 0.717) is 12.2 Å². The molecule has 0 aliphatic heterocycles. The zero-order valence-corrected chi connectivity index (χ0v) is 10.4. The molecule has 0 fully saturated rings. The summed E-state index contributed by atoms with van der Waals surface area (Å²) < 4.78 is 0. The number of hydrogen-bond donors (Lipinski definition) is 2.